The van der Waals surface area contributed by atoms with Crippen molar-refractivity contribution >= 4 is 17.1 Å². The van der Waals surface area contributed by atoms with Gasteiger partial charge in [0.1, 0.15) is 12.3 Å². The molecule has 1 aliphatic heterocycles. The number of ether oxygens (including phenoxy) is 2. The Morgan fingerprint density at radius 3 is 2.95 bits per heavy atom. The van der Waals surface area contributed by atoms with Crippen LogP contribution < -0.4 is 11.3 Å². The number of fused-ring (bicyclic) bond motifs is 1. The number of aromatic nitrogens is 4. The number of aromatic amines is 1. The molecule has 1 saturated heterocycles. The zero-order chi connectivity index (χ0) is 16.1. The van der Waals surface area contributed by atoms with E-state index in [2.05, 4.69) is 15.0 Å². The van der Waals surface area contributed by atoms with Crippen LogP contribution >= 0.6 is 0 Å². The Morgan fingerprint density at radius 1 is 1.64 bits per heavy atom. The van der Waals surface area contributed by atoms with Crippen molar-refractivity contribution in [3.8, 4) is 0 Å². The first-order valence-electron chi connectivity index (χ1n) is 6.67. The van der Waals surface area contributed by atoms with Gasteiger partial charge in [-0.1, -0.05) is 6.92 Å². The Balaban J connectivity index is 2.11. The summed E-state index contributed by atoms with van der Waals surface area (Å²) in [7, 11) is 1.33. The van der Waals surface area contributed by atoms with Crippen LogP contribution in [0, 0.1) is 5.92 Å². The Morgan fingerprint density at radius 2 is 2.36 bits per heavy atom. The molecule has 2 aromatic heterocycles. The molecule has 0 radical (unpaired) electrons. The van der Waals surface area contributed by atoms with E-state index in [0.29, 0.717) is 0 Å². The number of imidazole rings is 1. The number of methoxy groups -OCH3 is 1. The molecule has 22 heavy (non-hydrogen) atoms. The van der Waals surface area contributed by atoms with E-state index in [4.69, 9.17) is 15.2 Å². The Labute approximate surface area is 124 Å². The number of hydrogen-bond acceptors (Lipinski definition) is 8. The monoisotopic (exact) mass is 311 g/mol. The molecular formula is C12H17N5O5. The molecule has 10 heteroatoms. The summed E-state index contributed by atoms with van der Waals surface area (Å²) in [4.78, 5) is 22.2. The van der Waals surface area contributed by atoms with Crippen LogP contribution in [0.15, 0.2) is 11.1 Å². The van der Waals surface area contributed by atoms with E-state index >= 15 is 0 Å². The highest BCUT2D eigenvalue weighted by atomic mass is 16.7. The fourth-order valence-corrected chi connectivity index (χ4v) is 2.74. The van der Waals surface area contributed by atoms with Crippen molar-refractivity contribution in [2.24, 2.45) is 5.92 Å². The first-order chi connectivity index (χ1) is 10.4. The van der Waals surface area contributed by atoms with Gasteiger partial charge in [0.05, 0.1) is 12.9 Å². The normalized spacial score (nSPS) is 31.9. The molecule has 10 nitrogen and oxygen atoms in total. The lowest BCUT2D eigenvalue weighted by Crippen LogP contribution is -2.46. The molecule has 3 heterocycles. The van der Waals surface area contributed by atoms with Gasteiger partial charge in [0.15, 0.2) is 11.2 Å². The molecule has 0 unspecified atom stereocenters. The van der Waals surface area contributed by atoms with Gasteiger partial charge in [0.25, 0.3) is 5.56 Å². The molecule has 5 N–H and O–H groups in total. The number of nitrogens with two attached hydrogens (primary N) is 1. The minimum absolute atomic E-state index is 0.0504. The van der Waals surface area contributed by atoms with E-state index in [-0.39, 0.29) is 17.1 Å². The van der Waals surface area contributed by atoms with E-state index in [1.807, 2.05) is 0 Å². The van der Waals surface area contributed by atoms with Crippen molar-refractivity contribution in [2.75, 3.05) is 19.5 Å². The second-order valence-corrected chi connectivity index (χ2v) is 5.26. The Bertz CT molecular complexity index is 752. The van der Waals surface area contributed by atoms with E-state index in [9.17, 15) is 15.0 Å². The lowest BCUT2D eigenvalue weighted by atomic mass is 10.00. The third-order valence-electron chi connectivity index (χ3n) is 4.01. The smallest absolute Gasteiger partial charge is 0.280 e. The van der Waals surface area contributed by atoms with Crippen molar-refractivity contribution in [1.82, 2.24) is 19.5 Å². The number of rotatable bonds is 3. The van der Waals surface area contributed by atoms with Gasteiger partial charge in [-0.3, -0.25) is 14.3 Å². The van der Waals surface area contributed by atoms with E-state index in [1.165, 1.54) is 18.0 Å². The molecule has 2 aromatic rings. The molecule has 1 fully saturated rings. The summed E-state index contributed by atoms with van der Waals surface area (Å²) in [5.41, 5.74) is 5.43. The SMILES string of the molecule is CO[C@]1(CO)O[C@@H](n2cnc3c(=O)[nH]c(N)nc32)[C@@H](C)[C@@H]1O. The van der Waals surface area contributed by atoms with Crippen LogP contribution in [0.25, 0.3) is 11.2 Å². The molecule has 4 atom stereocenters. The van der Waals surface area contributed by atoms with E-state index in [0.717, 1.165) is 0 Å². The molecule has 1 aliphatic rings. The Kier molecular flexibility index (Phi) is 3.40. The predicted molar refractivity (Wildman–Crippen MR) is 74.7 cm³/mol. The van der Waals surface area contributed by atoms with Crippen LogP contribution in [0.3, 0.4) is 0 Å². The maximum Gasteiger partial charge on any atom is 0.280 e. The number of nitrogens with zero attached hydrogens (tertiary/aromatic N) is 3. The summed E-state index contributed by atoms with van der Waals surface area (Å²) < 4.78 is 12.4. The summed E-state index contributed by atoms with van der Waals surface area (Å²) >= 11 is 0. The van der Waals surface area contributed by atoms with Crippen molar-refractivity contribution < 1.29 is 19.7 Å². The highest BCUT2D eigenvalue weighted by Crippen LogP contribution is 2.42. The molecule has 120 valence electrons. The quantitative estimate of drug-likeness (QED) is 0.538. The average molecular weight is 311 g/mol. The van der Waals surface area contributed by atoms with Crippen LogP contribution in [-0.4, -0.2) is 55.3 Å². The number of aliphatic hydroxyl groups is 2. The molecule has 3 rings (SSSR count). The van der Waals surface area contributed by atoms with Gasteiger partial charge in [-0.2, -0.15) is 4.98 Å². The third kappa shape index (κ3) is 1.92. The summed E-state index contributed by atoms with van der Waals surface area (Å²) in [5, 5.41) is 19.8. The van der Waals surface area contributed by atoms with Crippen molar-refractivity contribution in [1.29, 1.82) is 0 Å². The largest absolute Gasteiger partial charge is 0.391 e. The number of nitrogens with one attached hydrogen (secondary N) is 1. The van der Waals surface area contributed by atoms with Gasteiger partial charge in [-0.05, 0) is 0 Å². The van der Waals surface area contributed by atoms with Gasteiger partial charge in [0, 0.05) is 13.0 Å². The molecule has 0 amide bonds. The molecule has 0 aliphatic carbocycles. The lowest BCUT2D eigenvalue weighted by Gasteiger charge is -2.28. The highest BCUT2D eigenvalue weighted by Gasteiger charge is 2.54. The molecule has 0 aromatic carbocycles. The van der Waals surface area contributed by atoms with Crippen molar-refractivity contribution in [3.05, 3.63) is 16.7 Å². The van der Waals surface area contributed by atoms with Crippen LogP contribution in [0.5, 0.6) is 0 Å². The first kappa shape index (κ1) is 14.9. The maximum atomic E-state index is 11.8. The topological polar surface area (TPSA) is 149 Å². The molecular weight excluding hydrogens is 294 g/mol. The van der Waals surface area contributed by atoms with Gasteiger partial charge in [0.2, 0.25) is 11.7 Å². The van der Waals surface area contributed by atoms with Crippen LogP contribution in [0.4, 0.5) is 5.95 Å². The third-order valence-corrected chi connectivity index (χ3v) is 4.01. The summed E-state index contributed by atoms with van der Waals surface area (Å²) in [5.74, 6) is -2.02. The summed E-state index contributed by atoms with van der Waals surface area (Å²) in [6, 6.07) is 0. The predicted octanol–water partition coefficient (Wildman–Crippen LogP) is -1.44. The van der Waals surface area contributed by atoms with Crippen molar-refractivity contribution in [3.63, 3.8) is 0 Å². The number of aliphatic hydroxyl groups excluding tert-OH is 2. The maximum absolute atomic E-state index is 11.8. The fraction of sp³-hybridized carbons (Fsp3) is 0.583. The second kappa shape index (κ2) is 5.02. The number of H-pyrrole nitrogens is 1. The van der Waals surface area contributed by atoms with Gasteiger partial charge in [-0.15, -0.1) is 0 Å². The van der Waals surface area contributed by atoms with Crippen LogP contribution in [-0.2, 0) is 9.47 Å². The zero-order valence-corrected chi connectivity index (χ0v) is 12.1. The standard InChI is InChI=1S/C12H17N5O5/c1-5-7(19)12(3-18,21-2)22-10(5)17-4-14-6-8(17)15-11(13)16-9(6)20/h4-5,7,10,18-19H,3H2,1-2H3,(H3,13,15,16,20)/t5-,7-,10+,12+/m0/s1. The van der Waals surface area contributed by atoms with Gasteiger partial charge >= 0.3 is 0 Å². The summed E-state index contributed by atoms with van der Waals surface area (Å²) in [6.07, 6.45) is -0.409. The average Bonchev–Trinajstić information content (AvgIpc) is 3.01. The highest BCUT2D eigenvalue weighted by molar-refractivity contribution is 5.70. The number of nitrogen functional groups attached to an aromatic ring is 1. The minimum atomic E-state index is -1.53. The minimum Gasteiger partial charge on any atom is -0.391 e. The van der Waals surface area contributed by atoms with Crippen LogP contribution in [0.1, 0.15) is 13.2 Å². The first-order valence-corrected chi connectivity index (χ1v) is 6.67. The molecule has 0 bridgehead atoms. The van der Waals surface area contributed by atoms with E-state index < -0.39 is 36.2 Å². The Hall–Kier alpha value is -2.01. The fourth-order valence-electron chi connectivity index (χ4n) is 2.74. The summed E-state index contributed by atoms with van der Waals surface area (Å²) in [6.45, 7) is 1.21. The lowest BCUT2D eigenvalue weighted by molar-refractivity contribution is -0.269. The van der Waals surface area contributed by atoms with Crippen LogP contribution in [0.2, 0.25) is 0 Å². The van der Waals surface area contributed by atoms with Gasteiger partial charge in [-0.25, -0.2) is 4.98 Å². The number of hydrogen-bond donors (Lipinski definition) is 4. The van der Waals surface area contributed by atoms with Gasteiger partial charge < -0.3 is 25.4 Å². The molecule has 0 saturated carbocycles. The second-order valence-electron chi connectivity index (χ2n) is 5.26. The van der Waals surface area contributed by atoms with E-state index in [1.54, 1.807) is 6.92 Å². The number of anilines is 1. The molecule has 0 spiro atoms. The van der Waals surface area contributed by atoms with Crippen molar-refractivity contribution in [2.45, 2.75) is 25.0 Å². The zero-order valence-electron chi connectivity index (χ0n) is 12.1.